The number of hydrogen-bond acceptors (Lipinski definition) is 6. The maximum atomic E-state index is 10.7. The van der Waals surface area contributed by atoms with Crippen molar-refractivity contribution in [3.05, 3.63) is 5.32 Å². The first-order valence-electron chi connectivity index (χ1n) is 5.70. The van der Waals surface area contributed by atoms with Crippen LogP contribution in [0, 0.1) is 35.1 Å². The summed E-state index contributed by atoms with van der Waals surface area (Å²) in [5.41, 5.74) is 4.47. The molecule has 0 aliphatic rings. The monoisotopic (exact) mass is 489 g/mol. The van der Waals surface area contributed by atoms with E-state index >= 15 is 0 Å². The molecular weight excluding hydrogens is 474 g/mol. The second-order valence-electron chi connectivity index (χ2n) is 3.08. The molecule has 0 saturated carbocycles. The molecule has 0 aromatic carbocycles. The fourth-order valence-corrected chi connectivity index (χ4v) is 0.707. The predicted octanol–water partition coefficient (Wildman–Crippen LogP) is -7.30. The van der Waals surface area contributed by atoms with E-state index in [1.54, 1.807) is 28.4 Å². The van der Waals surface area contributed by atoms with Gasteiger partial charge in [0.1, 0.15) is 13.0 Å². The average Bonchev–Trinajstić information content (AvgIpc) is 2.51. The van der Waals surface area contributed by atoms with Crippen LogP contribution in [-0.4, -0.2) is 43.9 Å². The molecule has 3 N–H and O–H groups in total. The summed E-state index contributed by atoms with van der Waals surface area (Å²) in [4.78, 5) is 20.9. The summed E-state index contributed by atoms with van der Waals surface area (Å²) in [6, 6.07) is 1.57. The fraction of sp³-hybridized carbons (Fsp3) is 0.417. The maximum absolute atomic E-state index is 10.7. The van der Waals surface area contributed by atoms with Crippen molar-refractivity contribution >= 4 is 45.9 Å². The van der Waals surface area contributed by atoms with Crippen molar-refractivity contribution in [2.45, 2.75) is 12.8 Å². The van der Waals surface area contributed by atoms with Gasteiger partial charge in [0.15, 0.2) is 11.6 Å². The molecule has 2 radical (unpaired) electrons. The summed E-state index contributed by atoms with van der Waals surface area (Å²) in [6.07, 6.45) is 5.72. The van der Waals surface area contributed by atoms with Crippen molar-refractivity contribution in [2.75, 3.05) is 20.3 Å². The minimum absolute atomic E-state index is 0. The van der Waals surface area contributed by atoms with Crippen LogP contribution in [0.2, 0.25) is 0 Å². The third-order valence-electron chi connectivity index (χ3n) is 1.48. The van der Waals surface area contributed by atoms with Crippen LogP contribution in [0.4, 0.5) is 0 Å². The SMILES string of the molecule is C#CCC(=O)[N-]C#N.COCCOC(=[NH2+])NC(=O)CC#N.[B]I.[Cl-].[Na+]. The number of nitrogens with two attached hydrogens (primary N) is 1. The first-order chi connectivity index (χ1) is 11.0. The number of methoxy groups -OCH3 is 1. The molecule has 0 heterocycles. The zero-order valence-corrected chi connectivity index (χ0v) is 18.7. The van der Waals surface area contributed by atoms with Gasteiger partial charge in [0, 0.05) is 7.11 Å². The molecule has 0 spiro atoms. The molecule has 2 amide bonds. The van der Waals surface area contributed by atoms with Gasteiger partial charge in [-0.3, -0.25) is 10.2 Å². The standard InChI is InChI=1S/C7H11N3O3.C5H4N2O.BI.ClH.Na/c1-12-4-5-13-7(9)10-6(11)2-3-8;1-2-3-5(8)7-4-6;1-2;;/h2,4-5H2,1H3,(H2,9,10,11);1H,3H2,(H,7,8);;1H;/q;;;;+1/p-1. The van der Waals surface area contributed by atoms with Crippen LogP contribution >= 0.6 is 22.4 Å². The van der Waals surface area contributed by atoms with E-state index in [-0.39, 0.29) is 67.4 Å². The number of hydrogen-bond donors (Lipinski definition) is 2. The molecule has 0 bridgehead atoms. The van der Waals surface area contributed by atoms with Gasteiger partial charge in [0.2, 0.25) is 0 Å². The molecule has 0 aromatic heterocycles. The minimum Gasteiger partial charge on any atom is -1.00 e. The molecule has 0 fully saturated rings. The summed E-state index contributed by atoms with van der Waals surface area (Å²) >= 11 is 1.65. The molecule has 0 atom stereocenters. The van der Waals surface area contributed by atoms with Gasteiger partial charge in [-0.05, 0) is 0 Å². The van der Waals surface area contributed by atoms with Crippen molar-refractivity contribution in [1.82, 2.24) is 5.32 Å². The van der Waals surface area contributed by atoms with Gasteiger partial charge in [0.05, 0.1) is 19.1 Å². The number of carbonyl (C=O) groups excluding carboxylic acids is 2. The Labute approximate surface area is 190 Å². The van der Waals surface area contributed by atoms with E-state index in [1.807, 2.05) is 0 Å². The maximum Gasteiger partial charge on any atom is 1.00 e. The van der Waals surface area contributed by atoms with Gasteiger partial charge >= 0.3 is 41.5 Å². The summed E-state index contributed by atoms with van der Waals surface area (Å²) in [5.74, 6) is 1.01. The van der Waals surface area contributed by atoms with E-state index < -0.39 is 11.8 Å². The molecule has 0 unspecified atom stereocenters. The largest absolute Gasteiger partial charge is 1.00 e. The second kappa shape index (κ2) is 30.8. The molecule has 130 valence electrons. The van der Waals surface area contributed by atoms with Crippen molar-refractivity contribution in [2.24, 2.45) is 0 Å². The molecule has 0 aliphatic carbocycles. The van der Waals surface area contributed by atoms with Crippen LogP contribution in [0.5, 0.6) is 0 Å². The van der Waals surface area contributed by atoms with Crippen molar-refractivity contribution in [3.63, 3.8) is 0 Å². The number of nitriles is 2. The molecule has 0 aromatic rings. The van der Waals surface area contributed by atoms with Crippen LogP contribution in [0.1, 0.15) is 12.8 Å². The summed E-state index contributed by atoms with van der Waals surface area (Å²) < 4.78 is 9.51. The van der Waals surface area contributed by atoms with Gasteiger partial charge in [-0.1, -0.05) is 12.1 Å². The normalized spacial score (nSPS) is 6.68. The van der Waals surface area contributed by atoms with Crippen LogP contribution in [0.3, 0.4) is 0 Å². The van der Waals surface area contributed by atoms with Crippen LogP contribution in [0.25, 0.3) is 5.32 Å². The topological polar surface area (TPSA) is 152 Å². The van der Waals surface area contributed by atoms with Gasteiger partial charge in [-0.25, -0.2) is 4.79 Å². The smallest absolute Gasteiger partial charge is 1.00 e. The van der Waals surface area contributed by atoms with Crippen LogP contribution in [0.15, 0.2) is 0 Å². The number of nitrogens with one attached hydrogen (secondary N) is 1. The number of nitrogens with zero attached hydrogens (tertiary/aromatic N) is 3. The summed E-state index contributed by atoms with van der Waals surface area (Å²) in [6.45, 7) is 0.643. The van der Waals surface area contributed by atoms with E-state index in [9.17, 15) is 9.59 Å². The first kappa shape index (κ1) is 35.2. The number of ether oxygens (including phenoxy) is 2. The Hall–Kier alpha value is -1.01. The summed E-state index contributed by atoms with van der Waals surface area (Å²) in [5, 5.41) is 26.2. The molecule has 0 rings (SSSR count). The van der Waals surface area contributed by atoms with E-state index in [0.29, 0.717) is 6.61 Å². The Bertz CT molecular complexity index is 475. The van der Waals surface area contributed by atoms with Gasteiger partial charge in [0.25, 0.3) is 0 Å². The second-order valence-corrected chi connectivity index (χ2v) is 3.08. The van der Waals surface area contributed by atoms with E-state index in [1.165, 1.54) is 13.3 Å². The fourth-order valence-electron chi connectivity index (χ4n) is 0.707. The Kier molecular flexibility index (Phi) is 43.4. The number of amides is 2. The Morgan fingerprint density at radius 1 is 1.32 bits per heavy atom. The molecule has 25 heavy (non-hydrogen) atoms. The average molecular weight is 489 g/mol. The molecule has 13 heteroatoms. The number of carbonyl (C=O) groups is 2. The third kappa shape index (κ3) is 35.1. The number of terminal acetylenes is 1. The predicted molar refractivity (Wildman–Crippen MR) is 90.3 cm³/mol. The van der Waals surface area contributed by atoms with Crippen molar-refractivity contribution < 1.29 is 66.4 Å². The third-order valence-corrected chi connectivity index (χ3v) is 1.48. The number of halogens is 2. The molecule has 9 nitrogen and oxygen atoms in total. The zero-order chi connectivity index (χ0) is 18.5. The molecule has 0 saturated heterocycles. The molecule has 0 aliphatic heterocycles. The van der Waals surface area contributed by atoms with Gasteiger partial charge in [-0.2, -0.15) is 33.0 Å². The number of rotatable bonds is 5. The van der Waals surface area contributed by atoms with Gasteiger partial charge in [-0.15, -0.1) is 6.42 Å². The van der Waals surface area contributed by atoms with Crippen molar-refractivity contribution in [3.8, 4) is 24.6 Å². The van der Waals surface area contributed by atoms with E-state index in [4.69, 9.17) is 27.1 Å². The van der Waals surface area contributed by atoms with Gasteiger partial charge < -0.3 is 32.5 Å². The van der Waals surface area contributed by atoms with Crippen molar-refractivity contribution in [1.29, 1.82) is 10.5 Å². The van der Waals surface area contributed by atoms with Crippen LogP contribution < -0.4 is 52.7 Å². The Morgan fingerprint density at radius 2 is 1.88 bits per heavy atom. The Balaban J connectivity index is -0.0000000970. The summed E-state index contributed by atoms with van der Waals surface area (Å²) in [7, 11) is 1.52. The Morgan fingerprint density at radius 3 is 2.28 bits per heavy atom. The number of amidine groups is 1. The van der Waals surface area contributed by atoms with E-state index in [0.717, 1.165) is 0 Å². The zero-order valence-electron chi connectivity index (χ0n) is 13.8. The minimum atomic E-state index is -0.560. The van der Waals surface area contributed by atoms with E-state index in [2.05, 4.69) is 27.0 Å². The van der Waals surface area contributed by atoms with Crippen LogP contribution in [-0.2, 0) is 19.1 Å². The quantitative estimate of drug-likeness (QED) is 0.0745. The first-order valence-corrected chi connectivity index (χ1v) is 6.95. The molecular formula is C12H15BClIN5NaO4.